The van der Waals surface area contributed by atoms with Gasteiger partial charge in [-0.05, 0) is 49.2 Å². The van der Waals surface area contributed by atoms with Crippen molar-refractivity contribution in [2.24, 2.45) is 0 Å². The van der Waals surface area contributed by atoms with E-state index in [1.54, 1.807) is 18.2 Å². The quantitative estimate of drug-likeness (QED) is 0.883. The van der Waals surface area contributed by atoms with Crippen molar-refractivity contribution in [3.05, 3.63) is 58.6 Å². The Hall–Kier alpha value is -1.89. The summed E-state index contributed by atoms with van der Waals surface area (Å²) in [6.07, 6.45) is 0. The maximum absolute atomic E-state index is 12.5. The van der Waals surface area contributed by atoms with Gasteiger partial charge in [0.2, 0.25) is 15.9 Å². The number of hydrogen-bond donors (Lipinski definition) is 1. The van der Waals surface area contributed by atoms with E-state index in [4.69, 9.17) is 11.6 Å². The summed E-state index contributed by atoms with van der Waals surface area (Å²) in [5.41, 5.74) is 2.67. The highest BCUT2D eigenvalue weighted by Gasteiger charge is 2.23. The van der Waals surface area contributed by atoms with Gasteiger partial charge < -0.3 is 5.32 Å². The molecule has 2 aromatic rings. The summed E-state index contributed by atoms with van der Waals surface area (Å²) in [6, 6.07) is 11.5. The highest BCUT2D eigenvalue weighted by atomic mass is 35.5. The van der Waals surface area contributed by atoms with Crippen molar-refractivity contribution in [3.8, 4) is 0 Å². The van der Waals surface area contributed by atoms with Gasteiger partial charge in [-0.25, -0.2) is 8.42 Å². The number of hydrogen-bond acceptors (Lipinski definition) is 3. The third-order valence-electron chi connectivity index (χ3n) is 3.75. The van der Waals surface area contributed by atoms with Gasteiger partial charge in [-0.1, -0.05) is 29.8 Å². The van der Waals surface area contributed by atoms with Crippen LogP contribution in [0.2, 0.25) is 5.02 Å². The summed E-state index contributed by atoms with van der Waals surface area (Å²) < 4.78 is 26.0. The fraction of sp³-hybridized carbons (Fsp3) is 0.235. The molecule has 0 aliphatic heterocycles. The number of halogens is 1. The maximum atomic E-state index is 12.5. The van der Waals surface area contributed by atoms with Gasteiger partial charge in [0.1, 0.15) is 0 Å². The topological polar surface area (TPSA) is 66.5 Å². The van der Waals surface area contributed by atoms with E-state index in [9.17, 15) is 13.2 Å². The Kier molecular flexibility index (Phi) is 5.64. The number of carbonyl (C=O) groups excluding carboxylic acids is 1. The molecule has 0 bridgehead atoms. The first-order valence-electron chi connectivity index (χ1n) is 7.30. The largest absolute Gasteiger partial charge is 0.325 e. The minimum Gasteiger partial charge on any atom is -0.325 e. The van der Waals surface area contributed by atoms with Gasteiger partial charge in [0.15, 0.2) is 0 Å². The molecule has 0 atom stereocenters. The van der Waals surface area contributed by atoms with Crippen LogP contribution >= 0.6 is 11.6 Å². The average molecular weight is 367 g/mol. The molecule has 0 aliphatic rings. The number of sulfonamides is 1. The van der Waals surface area contributed by atoms with Crippen LogP contribution in [0.1, 0.15) is 11.1 Å². The van der Waals surface area contributed by atoms with E-state index >= 15 is 0 Å². The Morgan fingerprint density at radius 3 is 2.50 bits per heavy atom. The van der Waals surface area contributed by atoms with Crippen LogP contribution in [0, 0.1) is 13.8 Å². The Bertz CT molecular complexity index is 866. The van der Waals surface area contributed by atoms with Crippen molar-refractivity contribution in [2.45, 2.75) is 18.7 Å². The van der Waals surface area contributed by atoms with Crippen LogP contribution in [0.4, 0.5) is 5.69 Å². The molecule has 0 unspecified atom stereocenters. The zero-order chi connectivity index (χ0) is 17.9. The molecule has 7 heteroatoms. The Balaban J connectivity index is 2.12. The van der Waals surface area contributed by atoms with Crippen molar-refractivity contribution in [3.63, 3.8) is 0 Å². The lowest BCUT2D eigenvalue weighted by molar-refractivity contribution is -0.116. The molecule has 1 N–H and O–H groups in total. The first-order chi connectivity index (χ1) is 11.2. The molecular formula is C17H19ClN2O3S. The van der Waals surface area contributed by atoms with Crippen molar-refractivity contribution in [2.75, 3.05) is 18.9 Å². The highest BCUT2D eigenvalue weighted by molar-refractivity contribution is 7.89. The predicted octanol–water partition coefficient (Wildman–Crippen LogP) is 3.22. The fourth-order valence-corrected chi connectivity index (χ4v) is 3.60. The summed E-state index contributed by atoms with van der Waals surface area (Å²) in [5, 5.41) is 3.07. The molecule has 24 heavy (non-hydrogen) atoms. The second-order valence-electron chi connectivity index (χ2n) is 5.51. The zero-order valence-electron chi connectivity index (χ0n) is 13.7. The summed E-state index contributed by atoms with van der Waals surface area (Å²) in [7, 11) is -2.42. The molecule has 0 aromatic heterocycles. The summed E-state index contributed by atoms with van der Waals surface area (Å²) in [4.78, 5) is 12.2. The molecule has 0 radical (unpaired) electrons. The second-order valence-corrected chi connectivity index (χ2v) is 8.00. The maximum Gasteiger partial charge on any atom is 0.243 e. The average Bonchev–Trinajstić information content (AvgIpc) is 2.51. The SMILES string of the molecule is Cc1cccc(NC(=O)CN(C)S(=O)(=O)c2cccc(Cl)c2)c1C. The molecule has 2 aromatic carbocycles. The van der Waals surface area contributed by atoms with Crippen molar-refractivity contribution in [1.82, 2.24) is 4.31 Å². The number of amides is 1. The summed E-state index contributed by atoms with van der Waals surface area (Å²) in [5.74, 6) is -0.406. The minimum absolute atomic E-state index is 0.0528. The van der Waals surface area contributed by atoms with Crippen molar-refractivity contribution < 1.29 is 13.2 Å². The molecule has 5 nitrogen and oxygen atoms in total. The normalized spacial score (nSPS) is 11.5. The fourth-order valence-electron chi connectivity index (χ4n) is 2.17. The van der Waals surface area contributed by atoms with Crippen LogP contribution in [-0.4, -0.2) is 32.2 Å². The number of nitrogens with one attached hydrogen (secondary N) is 1. The van der Waals surface area contributed by atoms with Crippen LogP contribution in [-0.2, 0) is 14.8 Å². The zero-order valence-corrected chi connectivity index (χ0v) is 15.3. The van der Waals surface area contributed by atoms with E-state index < -0.39 is 15.9 Å². The molecule has 0 aliphatic carbocycles. The molecule has 0 spiro atoms. The molecule has 2 rings (SSSR count). The predicted molar refractivity (Wildman–Crippen MR) is 95.8 cm³/mol. The number of rotatable bonds is 5. The Morgan fingerprint density at radius 2 is 1.83 bits per heavy atom. The van der Waals surface area contributed by atoms with E-state index in [0.29, 0.717) is 10.7 Å². The summed E-state index contributed by atoms with van der Waals surface area (Å²) in [6.45, 7) is 3.56. The van der Waals surface area contributed by atoms with Gasteiger partial charge in [-0.3, -0.25) is 4.79 Å². The third kappa shape index (κ3) is 4.14. The van der Waals surface area contributed by atoms with Crippen molar-refractivity contribution >= 4 is 33.2 Å². The number of aryl methyl sites for hydroxylation is 1. The van der Waals surface area contributed by atoms with Gasteiger partial charge in [-0.15, -0.1) is 0 Å². The lowest BCUT2D eigenvalue weighted by Gasteiger charge is -2.18. The third-order valence-corrected chi connectivity index (χ3v) is 5.78. The van der Waals surface area contributed by atoms with E-state index in [1.165, 1.54) is 19.2 Å². The number of nitrogens with zero attached hydrogens (tertiary/aromatic N) is 1. The molecule has 0 heterocycles. The minimum atomic E-state index is -3.78. The van der Waals surface area contributed by atoms with Crippen LogP contribution < -0.4 is 5.32 Å². The van der Waals surface area contributed by atoms with Gasteiger partial charge in [0.25, 0.3) is 0 Å². The summed E-state index contributed by atoms with van der Waals surface area (Å²) >= 11 is 5.84. The molecule has 1 amide bonds. The van der Waals surface area contributed by atoms with E-state index in [2.05, 4.69) is 5.32 Å². The molecule has 128 valence electrons. The van der Waals surface area contributed by atoms with Crippen molar-refractivity contribution in [1.29, 1.82) is 0 Å². The van der Waals surface area contributed by atoms with Crippen LogP contribution in [0.3, 0.4) is 0 Å². The van der Waals surface area contributed by atoms with E-state index in [0.717, 1.165) is 15.4 Å². The monoisotopic (exact) mass is 366 g/mol. The molecule has 0 fully saturated rings. The smallest absolute Gasteiger partial charge is 0.243 e. The van der Waals surface area contributed by atoms with Crippen LogP contribution in [0.5, 0.6) is 0 Å². The highest BCUT2D eigenvalue weighted by Crippen LogP contribution is 2.20. The number of likely N-dealkylation sites (N-methyl/N-ethyl adjacent to an activating group) is 1. The first kappa shape index (κ1) is 18.4. The van der Waals surface area contributed by atoms with Gasteiger partial charge >= 0.3 is 0 Å². The van der Waals surface area contributed by atoms with Gasteiger partial charge in [-0.2, -0.15) is 4.31 Å². The molecule has 0 saturated carbocycles. The van der Waals surface area contributed by atoms with Crippen LogP contribution in [0.25, 0.3) is 0 Å². The van der Waals surface area contributed by atoms with Gasteiger partial charge in [0.05, 0.1) is 11.4 Å². The van der Waals surface area contributed by atoms with E-state index in [-0.39, 0.29) is 11.4 Å². The van der Waals surface area contributed by atoms with Crippen LogP contribution in [0.15, 0.2) is 47.4 Å². The van der Waals surface area contributed by atoms with E-state index in [1.807, 2.05) is 26.0 Å². The first-order valence-corrected chi connectivity index (χ1v) is 9.11. The second kappa shape index (κ2) is 7.34. The Morgan fingerprint density at radius 1 is 1.17 bits per heavy atom. The number of benzene rings is 2. The molecular weight excluding hydrogens is 348 g/mol. The number of anilines is 1. The Labute approximate surface area is 147 Å². The number of carbonyl (C=O) groups is 1. The molecule has 0 saturated heterocycles. The lowest BCUT2D eigenvalue weighted by atomic mass is 10.1. The standard InChI is InChI=1S/C17H19ClN2O3S/c1-12-6-4-9-16(13(12)2)19-17(21)11-20(3)24(22,23)15-8-5-7-14(18)10-15/h4-10H,11H2,1-3H3,(H,19,21). The van der Waals surface area contributed by atoms with Gasteiger partial charge in [0, 0.05) is 17.8 Å². The lowest BCUT2D eigenvalue weighted by Crippen LogP contribution is -2.35.